The quantitative estimate of drug-likeness (QED) is 0.484. The van der Waals surface area contributed by atoms with Gasteiger partial charge in [0.2, 0.25) is 5.91 Å². The molecule has 0 aromatic rings. The lowest BCUT2D eigenvalue weighted by molar-refractivity contribution is -0.135. The zero-order valence-corrected chi connectivity index (χ0v) is 19.5. The van der Waals surface area contributed by atoms with Crippen LogP contribution in [0.2, 0.25) is 0 Å². The molecule has 0 radical (unpaired) electrons. The summed E-state index contributed by atoms with van der Waals surface area (Å²) in [5.41, 5.74) is 0. The highest BCUT2D eigenvalue weighted by Crippen LogP contribution is 2.26. The summed E-state index contributed by atoms with van der Waals surface area (Å²) in [5.74, 6) is 2.10. The summed E-state index contributed by atoms with van der Waals surface area (Å²) in [4.78, 5) is 24.4. The van der Waals surface area contributed by atoms with Crippen molar-refractivity contribution in [1.29, 1.82) is 0 Å². The monoisotopic (exact) mass is 420 g/mol. The van der Waals surface area contributed by atoms with Crippen molar-refractivity contribution < 1.29 is 4.79 Å². The molecule has 3 fully saturated rings. The normalized spacial score (nSPS) is 26.0. The predicted octanol–water partition coefficient (Wildman–Crippen LogP) is 1.61. The number of amides is 1. The minimum absolute atomic E-state index is 0.273. The lowest BCUT2D eigenvalue weighted by Gasteiger charge is -2.35. The van der Waals surface area contributed by atoms with Gasteiger partial charge in [0.25, 0.3) is 0 Å². The number of hydrogen-bond donors (Lipinski definition) is 2. The number of hydrogen-bond acceptors (Lipinski definition) is 4. The molecule has 3 aliphatic rings. The van der Waals surface area contributed by atoms with Crippen molar-refractivity contribution in [2.45, 2.75) is 58.4 Å². The van der Waals surface area contributed by atoms with E-state index in [0.29, 0.717) is 17.9 Å². The van der Waals surface area contributed by atoms with Gasteiger partial charge in [-0.05, 0) is 31.7 Å². The number of nitrogens with one attached hydrogen (secondary N) is 2. The van der Waals surface area contributed by atoms with E-state index in [4.69, 9.17) is 0 Å². The number of rotatable bonds is 7. The van der Waals surface area contributed by atoms with Gasteiger partial charge in [0.05, 0.1) is 0 Å². The van der Waals surface area contributed by atoms with Crippen molar-refractivity contribution in [3.63, 3.8) is 0 Å². The summed E-state index contributed by atoms with van der Waals surface area (Å²) in [7, 11) is 1.84. The van der Waals surface area contributed by atoms with Gasteiger partial charge in [0.15, 0.2) is 5.96 Å². The van der Waals surface area contributed by atoms with Crippen molar-refractivity contribution in [2.24, 2.45) is 16.8 Å². The number of likely N-dealkylation sites (tertiary alicyclic amines) is 1. The van der Waals surface area contributed by atoms with Crippen molar-refractivity contribution in [3.05, 3.63) is 0 Å². The first-order valence-electron chi connectivity index (χ1n) is 12.3. The molecule has 30 heavy (non-hydrogen) atoms. The maximum Gasteiger partial charge on any atom is 0.225 e. The summed E-state index contributed by atoms with van der Waals surface area (Å²) < 4.78 is 0. The number of likely N-dealkylation sites (N-methyl/N-ethyl adjacent to an activating group) is 1. The molecule has 2 aliphatic heterocycles. The van der Waals surface area contributed by atoms with Gasteiger partial charge in [0, 0.05) is 71.4 Å². The third-order valence-corrected chi connectivity index (χ3v) is 7.12. The number of carbonyl (C=O) groups is 1. The fraction of sp³-hybridized carbons (Fsp3) is 0.913. The number of carbonyl (C=O) groups excluding carboxylic acids is 1. The number of nitrogens with zero attached hydrogens (tertiary/aromatic N) is 4. The lowest BCUT2D eigenvalue weighted by atomic mass is 9.88. The third-order valence-electron chi connectivity index (χ3n) is 7.12. The number of piperazine rings is 1. The van der Waals surface area contributed by atoms with Gasteiger partial charge in [-0.25, -0.2) is 0 Å². The van der Waals surface area contributed by atoms with E-state index in [1.807, 2.05) is 7.05 Å². The summed E-state index contributed by atoms with van der Waals surface area (Å²) in [6.07, 6.45) is 6.91. The Hall–Kier alpha value is -1.34. The predicted molar refractivity (Wildman–Crippen MR) is 124 cm³/mol. The standard InChI is InChI=1S/C23H44N6O/c1-4-27-12-14-28(15-13-27)17-19(2)16-25-23(24-3)26-21-10-11-29(18-21)22(30)20-8-6-5-7-9-20/h19-21H,4-18H2,1-3H3,(H2,24,25,26). The second kappa shape index (κ2) is 11.9. The van der Waals surface area contributed by atoms with Gasteiger partial charge >= 0.3 is 0 Å². The molecule has 0 spiro atoms. The molecule has 0 bridgehead atoms. The Bertz CT molecular complexity index is 554. The van der Waals surface area contributed by atoms with Gasteiger partial charge in [-0.15, -0.1) is 0 Å². The molecule has 0 aromatic carbocycles. The van der Waals surface area contributed by atoms with Gasteiger partial charge in [-0.3, -0.25) is 9.79 Å². The molecule has 2 unspecified atom stereocenters. The second-order valence-corrected chi connectivity index (χ2v) is 9.54. The molecule has 0 aromatic heterocycles. The van der Waals surface area contributed by atoms with Crippen LogP contribution in [0, 0.1) is 11.8 Å². The van der Waals surface area contributed by atoms with Crippen LogP contribution in [0.15, 0.2) is 4.99 Å². The van der Waals surface area contributed by atoms with Crippen LogP contribution in [0.4, 0.5) is 0 Å². The first-order valence-corrected chi connectivity index (χ1v) is 12.3. The first-order chi connectivity index (χ1) is 14.6. The molecular weight excluding hydrogens is 376 g/mol. The molecule has 2 heterocycles. The third kappa shape index (κ3) is 6.84. The Labute approximate surface area is 183 Å². The Morgan fingerprint density at radius 2 is 1.73 bits per heavy atom. The molecule has 1 saturated carbocycles. The topological polar surface area (TPSA) is 63.2 Å². The highest BCUT2D eigenvalue weighted by atomic mass is 16.2. The minimum Gasteiger partial charge on any atom is -0.356 e. The summed E-state index contributed by atoms with van der Waals surface area (Å²) in [5, 5.41) is 7.06. The molecule has 2 N–H and O–H groups in total. The van der Waals surface area contributed by atoms with Gasteiger partial charge in [-0.1, -0.05) is 33.1 Å². The minimum atomic E-state index is 0.273. The zero-order chi connectivity index (χ0) is 21.3. The van der Waals surface area contributed by atoms with Crippen molar-refractivity contribution in [1.82, 2.24) is 25.3 Å². The molecule has 3 rings (SSSR count). The van der Waals surface area contributed by atoms with E-state index < -0.39 is 0 Å². The Kier molecular flexibility index (Phi) is 9.25. The molecule has 1 amide bonds. The SMILES string of the molecule is CCN1CCN(CC(C)CNC(=NC)NC2CCN(C(=O)C3CCCCC3)C2)CC1. The first kappa shape index (κ1) is 23.3. The second-order valence-electron chi connectivity index (χ2n) is 9.54. The zero-order valence-electron chi connectivity index (χ0n) is 19.5. The van der Waals surface area contributed by atoms with E-state index in [1.54, 1.807) is 0 Å². The van der Waals surface area contributed by atoms with Crippen molar-refractivity contribution in [2.75, 3.05) is 66.0 Å². The van der Waals surface area contributed by atoms with Crippen LogP contribution in [-0.4, -0.2) is 98.6 Å². The Morgan fingerprint density at radius 1 is 1.03 bits per heavy atom. The average molecular weight is 421 g/mol. The molecule has 7 nitrogen and oxygen atoms in total. The van der Waals surface area contributed by atoms with E-state index >= 15 is 0 Å². The highest BCUT2D eigenvalue weighted by Gasteiger charge is 2.31. The summed E-state index contributed by atoms with van der Waals surface area (Å²) in [6, 6.07) is 0.307. The Balaban J connectivity index is 1.35. The van der Waals surface area contributed by atoms with Crippen LogP contribution in [-0.2, 0) is 4.79 Å². The van der Waals surface area contributed by atoms with Crippen LogP contribution >= 0.6 is 0 Å². The van der Waals surface area contributed by atoms with E-state index in [9.17, 15) is 4.79 Å². The largest absolute Gasteiger partial charge is 0.356 e. The van der Waals surface area contributed by atoms with Crippen molar-refractivity contribution in [3.8, 4) is 0 Å². The average Bonchev–Trinajstić information content (AvgIpc) is 3.25. The van der Waals surface area contributed by atoms with Crippen molar-refractivity contribution >= 4 is 11.9 Å². The van der Waals surface area contributed by atoms with Crippen LogP contribution in [0.1, 0.15) is 52.4 Å². The lowest BCUT2D eigenvalue weighted by Crippen LogP contribution is -2.49. The van der Waals surface area contributed by atoms with Crippen LogP contribution in [0.5, 0.6) is 0 Å². The summed E-state index contributed by atoms with van der Waals surface area (Å²) in [6.45, 7) is 14.2. The maximum atomic E-state index is 12.8. The van der Waals surface area contributed by atoms with E-state index in [-0.39, 0.29) is 5.92 Å². The van der Waals surface area contributed by atoms with Gasteiger partial charge in [0.1, 0.15) is 0 Å². The molecule has 2 atom stereocenters. The van der Waals surface area contributed by atoms with Crippen LogP contribution in [0.25, 0.3) is 0 Å². The smallest absolute Gasteiger partial charge is 0.225 e. The van der Waals surface area contributed by atoms with Crippen LogP contribution in [0.3, 0.4) is 0 Å². The van der Waals surface area contributed by atoms with Gasteiger partial charge < -0.3 is 25.3 Å². The summed E-state index contributed by atoms with van der Waals surface area (Å²) >= 11 is 0. The Morgan fingerprint density at radius 3 is 2.40 bits per heavy atom. The maximum absolute atomic E-state index is 12.8. The molecule has 172 valence electrons. The fourth-order valence-electron chi connectivity index (χ4n) is 5.14. The molecular formula is C23H44N6O. The highest BCUT2D eigenvalue weighted by molar-refractivity contribution is 5.81. The molecule has 1 aliphatic carbocycles. The molecule has 2 saturated heterocycles. The van der Waals surface area contributed by atoms with Gasteiger partial charge in [-0.2, -0.15) is 0 Å². The number of guanidine groups is 1. The van der Waals surface area contributed by atoms with E-state index in [2.05, 4.69) is 44.2 Å². The number of aliphatic imine (C=N–C) groups is 1. The fourth-order valence-corrected chi connectivity index (χ4v) is 5.14. The van der Waals surface area contributed by atoms with E-state index in [0.717, 1.165) is 57.9 Å². The van der Waals surface area contributed by atoms with Crippen LogP contribution < -0.4 is 10.6 Å². The molecule has 7 heteroatoms. The van der Waals surface area contributed by atoms with E-state index in [1.165, 1.54) is 45.4 Å².